The van der Waals surface area contributed by atoms with E-state index in [0.717, 1.165) is 0 Å². The van der Waals surface area contributed by atoms with Crippen LogP contribution in [0.4, 0.5) is 0 Å². The number of hydrogen-bond acceptors (Lipinski definition) is 6. The van der Waals surface area contributed by atoms with Crippen molar-refractivity contribution >= 4 is 29.2 Å². The summed E-state index contributed by atoms with van der Waals surface area (Å²) in [6, 6.07) is 0. The molecule has 1 saturated carbocycles. The Labute approximate surface area is 135 Å². The van der Waals surface area contributed by atoms with Crippen LogP contribution >= 0.6 is 0 Å². The van der Waals surface area contributed by atoms with Gasteiger partial charge in [-0.05, 0) is 11.8 Å². The van der Waals surface area contributed by atoms with Crippen LogP contribution in [0.5, 0.6) is 0 Å². The maximum atomic E-state index is 12.3. The molecule has 23 heavy (non-hydrogen) atoms. The third-order valence-electron chi connectivity index (χ3n) is 3.73. The number of esters is 1. The van der Waals surface area contributed by atoms with Crippen molar-refractivity contribution in [2.45, 2.75) is 46.0 Å². The van der Waals surface area contributed by atoms with E-state index in [4.69, 9.17) is 5.11 Å². The van der Waals surface area contributed by atoms with E-state index in [1.165, 1.54) is 7.11 Å². The van der Waals surface area contributed by atoms with Crippen molar-refractivity contribution in [2.24, 2.45) is 16.3 Å². The Hall–Kier alpha value is -2.05. The molecule has 1 atom stereocenters. The molecule has 0 saturated heterocycles. The predicted octanol–water partition coefficient (Wildman–Crippen LogP) is 1.43. The van der Waals surface area contributed by atoms with Crippen LogP contribution in [-0.4, -0.2) is 48.0 Å². The van der Waals surface area contributed by atoms with Gasteiger partial charge in [0, 0.05) is 25.1 Å². The zero-order chi connectivity index (χ0) is 17.6. The van der Waals surface area contributed by atoms with E-state index >= 15 is 0 Å². The monoisotopic (exact) mass is 325 g/mol. The molecule has 128 valence electrons. The second-order valence-corrected chi connectivity index (χ2v) is 6.48. The number of aliphatic carboxylic acids is 1. The molecule has 0 bridgehead atoms. The summed E-state index contributed by atoms with van der Waals surface area (Å²) < 4.78 is 4.49. The van der Waals surface area contributed by atoms with E-state index in [1.54, 1.807) is 0 Å². The highest BCUT2D eigenvalue weighted by Gasteiger charge is 2.41. The Balaban J connectivity index is 2.89. The lowest BCUT2D eigenvalue weighted by Crippen LogP contribution is -2.42. The van der Waals surface area contributed by atoms with Gasteiger partial charge in [0.2, 0.25) is 0 Å². The van der Waals surface area contributed by atoms with Gasteiger partial charge < -0.3 is 9.84 Å². The fourth-order valence-electron chi connectivity index (χ4n) is 2.69. The van der Waals surface area contributed by atoms with E-state index in [-0.39, 0.29) is 49.2 Å². The normalized spacial score (nSPS) is 22.0. The Morgan fingerprint density at radius 3 is 2.43 bits per heavy atom. The van der Waals surface area contributed by atoms with Crippen LogP contribution < -0.4 is 0 Å². The third-order valence-corrected chi connectivity index (χ3v) is 3.73. The maximum Gasteiger partial charge on any atom is 0.305 e. The number of carbonyl (C=O) groups excluding carboxylic acids is 3. The summed E-state index contributed by atoms with van der Waals surface area (Å²) in [4.78, 5) is 50.6. The number of carboxylic acid groups (broad SMARTS) is 1. The average Bonchev–Trinajstić information content (AvgIpc) is 2.42. The van der Waals surface area contributed by atoms with E-state index in [2.05, 4.69) is 9.73 Å². The molecule has 7 nitrogen and oxygen atoms in total. The molecule has 0 aliphatic heterocycles. The van der Waals surface area contributed by atoms with Gasteiger partial charge in [0.05, 0.1) is 20.0 Å². The fraction of sp³-hybridized carbons (Fsp3) is 0.688. The van der Waals surface area contributed by atoms with Gasteiger partial charge in [-0.15, -0.1) is 0 Å². The van der Waals surface area contributed by atoms with Gasteiger partial charge >= 0.3 is 11.9 Å². The van der Waals surface area contributed by atoms with Crippen LogP contribution in [0.3, 0.4) is 0 Å². The van der Waals surface area contributed by atoms with Gasteiger partial charge in [0.25, 0.3) is 0 Å². The molecule has 0 aromatic carbocycles. The van der Waals surface area contributed by atoms with Crippen molar-refractivity contribution < 1.29 is 29.0 Å². The van der Waals surface area contributed by atoms with E-state index in [1.807, 2.05) is 13.8 Å². The smallest absolute Gasteiger partial charge is 0.305 e. The maximum absolute atomic E-state index is 12.3. The molecule has 1 aliphatic rings. The van der Waals surface area contributed by atoms with Gasteiger partial charge in [-0.2, -0.15) is 0 Å². The van der Waals surface area contributed by atoms with Crippen LogP contribution in [0.25, 0.3) is 0 Å². The highest BCUT2D eigenvalue weighted by atomic mass is 16.5. The van der Waals surface area contributed by atoms with Crippen molar-refractivity contribution in [1.29, 1.82) is 0 Å². The Bertz CT molecular complexity index is 535. The van der Waals surface area contributed by atoms with E-state index in [0.29, 0.717) is 12.1 Å². The molecule has 1 unspecified atom stereocenters. The number of methoxy groups -OCH3 is 1. The first-order chi connectivity index (χ1) is 10.7. The van der Waals surface area contributed by atoms with Crippen molar-refractivity contribution in [3.05, 3.63) is 0 Å². The summed E-state index contributed by atoms with van der Waals surface area (Å²) in [6.07, 6.45) is 0.417. The molecular weight excluding hydrogens is 302 g/mol. The fourth-order valence-corrected chi connectivity index (χ4v) is 2.69. The molecule has 0 radical (unpaired) electrons. The number of carbonyl (C=O) groups is 4. The first-order valence-electron chi connectivity index (χ1n) is 7.53. The minimum absolute atomic E-state index is 0.0365. The topological polar surface area (TPSA) is 110 Å². The minimum Gasteiger partial charge on any atom is -0.481 e. The molecule has 0 aromatic rings. The average molecular weight is 325 g/mol. The molecule has 0 aromatic heterocycles. The number of carboxylic acids is 1. The first-order valence-corrected chi connectivity index (χ1v) is 7.53. The summed E-state index contributed by atoms with van der Waals surface area (Å²) >= 11 is 0. The van der Waals surface area contributed by atoms with Crippen molar-refractivity contribution in [3.63, 3.8) is 0 Å². The van der Waals surface area contributed by atoms with Crippen molar-refractivity contribution in [3.8, 4) is 0 Å². The van der Waals surface area contributed by atoms with Crippen molar-refractivity contribution in [2.75, 3.05) is 13.7 Å². The van der Waals surface area contributed by atoms with Gasteiger partial charge in [0.15, 0.2) is 0 Å². The number of rotatable bonds is 7. The zero-order valence-corrected chi connectivity index (χ0v) is 13.8. The molecule has 1 aliphatic carbocycles. The number of Topliss-reactive ketones (excluding diaryl/α,β-unsaturated/α-hetero) is 2. The molecule has 7 heteroatoms. The highest BCUT2D eigenvalue weighted by Crippen LogP contribution is 2.35. The van der Waals surface area contributed by atoms with Gasteiger partial charge in [-0.25, -0.2) is 0 Å². The van der Waals surface area contributed by atoms with Crippen LogP contribution in [0.15, 0.2) is 4.99 Å². The van der Waals surface area contributed by atoms with Gasteiger partial charge in [-0.1, -0.05) is 13.8 Å². The second kappa shape index (κ2) is 7.99. The minimum atomic E-state index is -0.982. The Morgan fingerprint density at radius 2 is 1.87 bits per heavy atom. The summed E-state index contributed by atoms with van der Waals surface area (Å²) in [5.41, 5.74) is 0.125. The van der Waals surface area contributed by atoms with Crippen molar-refractivity contribution in [1.82, 2.24) is 0 Å². The summed E-state index contributed by atoms with van der Waals surface area (Å²) in [5.74, 6) is -3.02. The molecular formula is C16H23NO6. The third kappa shape index (κ3) is 5.92. The zero-order valence-electron chi connectivity index (χ0n) is 13.8. The first kappa shape index (κ1) is 19.0. The largest absolute Gasteiger partial charge is 0.481 e. The molecule has 0 heterocycles. The lowest BCUT2D eigenvalue weighted by molar-refractivity contribution is -0.143. The predicted molar refractivity (Wildman–Crippen MR) is 82.3 cm³/mol. The number of nitrogens with zero attached hydrogens (tertiary/aromatic N) is 1. The highest BCUT2D eigenvalue weighted by molar-refractivity contribution is 6.22. The summed E-state index contributed by atoms with van der Waals surface area (Å²) in [6.45, 7) is 3.86. The number of ketones is 2. The number of ether oxygens (including phenoxy) is 1. The Kier molecular flexibility index (Phi) is 6.60. The van der Waals surface area contributed by atoms with E-state index < -0.39 is 17.9 Å². The van der Waals surface area contributed by atoms with Crippen LogP contribution in [0.2, 0.25) is 0 Å². The Morgan fingerprint density at radius 1 is 1.22 bits per heavy atom. The molecule has 1 rings (SSSR count). The number of aliphatic imine (C=N–C) groups is 1. The number of hydrogen-bond donors (Lipinski definition) is 1. The standard InChI is InChI=1S/C16H23NO6/c1-16(2)8-10(17-7-6-13(20)21)15(12(19)9-16)11(18)4-5-14(22)23-3/h15H,4-9H2,1-3H3,(H,20,21). The van der Waals surface area contributed by atoms with E-state index in [9.17, 15) is 19.2 Å². The van der Waals surface area contributed by atoms with Gasteiger partial charge in [-0.3, -0.25) is 24.2 Å². The summed E-state index contributed by atoms with van der Waals surface area (Å²) in [7, 11) is 1.24. The molecule has 0 spiro atoms. The van der Waals surface area contributed by atoms with Crippen LogP contribution in [-0.2, 0) is 23.9 Å². The lowest BCUT2D eigenvalue weighted by atomic mass is 9.69. The summed E-state index contributed by atoms with van der Waals surface area (Å²) in [5, 5.41) is 8.69. The van der Waals surface area contributed by atoms with Crippen LogP contribution in [0, 0.1) is 11.3 Å². The molecule has 1 N–H and O–H groups in total. The van der Waals surface area contributed by atoms with Crippen LogP contribution in [0.1, 0.15) is 46.0 Å². The molecule has 0 amide bonds. The SMILES string of the molecule is COC(=O)CCC(=O)C1C(=O)CC(C)(C)CC1=NCCC(=O)O. The lowest BCUT2D eigenvalue weighted by Gasteiger charge is -2.34. The molecule has 1 fully saturated rings. The van der Waals surface area contributed by atoms with Gasteiger partial charge in [0.1, 0.15) is 17.5 Å². The second-order valence-electron chi connectivity index (χ2n) is 6.48. The quantitative estimate of drug-likeness (QED) is 0.560.